The fourth-order valence-electron chi connectivity index (χ4n) is 2.19. The van der Waals surface area contributed by atoms with Crippen molar-refractivity contribution in [3.05, 3.63) is 53.6 Å². The number of para-hydroxylation sites is 1. The lowest BCUT2D eigenvalue weighted by atomic mass is 10.0. The molecule has 3 N–H and O–H groups in total. The SMILES string of the molecule is COC(=O)c1ccccc1NC(C)c1c(O)cccc1O. The van der Waals surface area contributed by atoms with Gasteiger partial charge >= 0.3 is 5.97 Å². The van der Waals surface area contributed by atoms with Crippen molar-refractivity contribution in [2.45, 2.75) is 13.0 Å². The van der Waals surface area contributed by atoms with Gasteiger partial charge in [0.1, 0.15) is 11.5 Å². The number of carbonyl (C=O) groups excluding carboxylic acids is 1. The molecule has 1 unspecified atom stereocenters. The summed E-state index contributed by atoms with van der Waals surface area (Å²) in [6.45, 7) is 1.78. The molecule has 2 aromatic rings. The van der Waals surface area contributed by atoms with Crippen molar-refractivity contribution in [1.29, 1.82) is 0 Å². The average Bonchev–Trinajstić information content (AvgIpc) is 2.47. The van der Waals surface area contributed by atoms with Crippen molar-refractivity contribution < 1.29 is 19.7 Å². The highest BCUT2D eigenvalue weighted by Gasteiger charge is 2.18. The normalized spacial score (nSPS) is 11.7. The number of nitrogens with one attached hydrogen (secondary N) is 1. The molecule has 2 aromatic carbocycles. The molecule has 0 fully saturated rings. The fraction of sp³-hybridized carbons (Fsp3) is 0.188. The van der Waals surface area contributed by atoms with Crippen LogP contribution in [0.2, 0.25) is 0 Å². The third-order valence-corrected chi connectivity index (χ3v) is 3.20. The van der Waals surface area contributed by atoms with Gasteiger partial charge in [0, 0.05) is 5.69 Å². The van der Waals surface area contributed by atoms with Crippen LogP contribution in [0.1, 0.15) is 28.9 Å². The topological polar surface area (TPSA) is 78.8 Å². The Balaban J connectivity index is 2.32. The summed E-state index contributed by atoms with van der Waals surface area (Å²) in [4.78, 5) is 11.7. The van der Waals surface area contributed by atoms with Gasteiger partial charge < -0.3 is 20.3 Å². The van der Waals surface area contributed by atoms with Gasteiger partial charge in [-0.05, 0) is 31.2 Å². The number of phenols is 2. The van der Waals surface area contributed by atoms with Crippen LogP contribution in [0.25, 0.3) is 0 Å². The molecule has 0 aliphatic heterocycles. The van der Waals surface area contributed by atoms with Crippen molar-refractivity contribution in [1.82, 2.24) is 0 Å². The number of hydrogen-bond acceptors (Lipinski definition) is 5. The van der Waals surface area contributed by atoms with Crippen LogP contribution < -0.4 is 5.32 Å². The second-order valence-corrected chi connectivity index (χ2v) is 4.61. The minimum atomic E-state index is -0.452. The Kier molecular flexibility index (Phi) is 4.33. The number of esters is 1. The first-order valence-corrected chi connectivity index (χ1v) is 6.49. The summed E-state index contributed by atoms with van der Waals surface area (Å²) >= 11 is 0. The molecule has 5 nitrogen and oxygen atoms in total. The summed E-state index contributed by atoms with van der Waals surface area (Å²) in [5, 5.41) is 22.8. The molecule has 0 saturated carbocycles. The summed E-state index contributed by atoms with van der Waals surface area (Å²) in [6, 6.07) is 11.1. The first-order valence-electron chi connectivity index (χ1n) is 6.49. The Labute approximate surface area is 122 Å². The molecular weight excluding hydrogens is 270 g/mol. The summed E-state index contributed by atoms with van der Waals surface area (Å²) in [7, 11) is 1.32. The quantitative estimate of drug-likeness (QED) is 0.753. The maximum absolute atomic E-state index is 11.7. The molecule has 0 spiro atoms. The maximum Gasteiger partial charge on any atom is 0.339 e. The molecule has 0 saturated heterocycles. The lowest BCUT2D eigenvalue weighted by Gasteiger charge is -2.19. The summed E-state index contributed by atoms with van der Waals surface area (Å²) in [6.07, 6.45) is 0. The van der Waals surface area contributed by atoms with Crippen molar-refractivity contribution >= 4 is 11.7 Å². The van der Waals surface area contributed by atoms with Gasteiger partial charge in [-0.1, -0.05) is 18.2 Å². The lowest BCUT2D eigenvalue weighted by Crippen LogP contribution is -2.12. The molecule has 0 aliphatic rings. The number of benzene rings is 2. The molecular formula is C16H17NO4. The number of ether oxygens (including phenoxy) is 1. The highest BCUT2D eigenvalue weighted by Crippen LogP contribution is 2.34. The summed E-state index contributed by atoms with van der Waals surface area (Å²) < 4.78 is 4.73. The van der Waals surface area contributed by atoms with Crippen LogP contribution in [0.3, 0.4) is 0 Å². The van der Waals surface area contributed by atoms with Gasteiger partial charge in [0.25, 0.3) is 0 Å². The molecule has 5 heteroatoms. The molecule has 110 valence electrons. The van der Waals surface area contributed by atoms with Gasteiger partial charge in [-0.15, -0.1) is 0 Å². The minimum absolute atomic E-state index is 0.00875. The van der Waals surface area contributed by atoms with Gasteiger partial charge in [0.15, 0.2) is 0 Å². The van der Waals surface area contributed by atoms with E-state index in [0.717, 1.165) is 0 Å². The maximum atomic E-state index is 11.7. The van der Waals surface area contributed by atoms with Crippen molar-refractivity contribution in [2.24, 2.45) is 0 Å². The van der Waals surface area contributed by atoms with E-state index in [4.69, 9.17) is 4.74 Å². The van der Waals surface area contributed by atoms with E-state index in [-0.39, 0.29) is 11.5 Å². The van der Waals surface area contributed by atoms with Gasteiger partial charge in [0.2, 0.25) is 0 Å². The zero-order valence-electron chi connectivity index (χ0n) is 11.8. The zero-order chi connectivity index (χ0) is 15.4. The van der Waals surface area contributed by atoms with Crippen LogP contribution in [0.4, 0.5) is 5.69 Å². The summed E-state index contributed by atoms with van der Waals surface area (Å²) in [5.74, 6) is -0.470. The molecule has 0 radical (unpaired) electrons. The number of methoxy groups -OCH3 is 1. The first-order chi connectivity index (χ1) is 10.0. The predicted octanol–water partition coefficient (Wildman–Crippen LogP) is 3.06. The van der Waals surface area contributed by atoms with Crippen LogP contribution in [-0.2, 0) is 4.74 Å². The first kappa shape index (κ1) is 14.7. The molecule has 21 heavy (non-hydrogen) atoms. The standard InChI is InChI=1S/C16H17NO4/c1-10(15-13(18)8-5-9-14(15)19)17-12-7-4-3-6-11(12)16(20)21-2/h3-10,17-19H,1-2H3. The van der Waals surface area contributed by atoms with Crippen molar-refractivity contribution in [2.75, 3.05) is 12.4 Å². The van der Waals surface area contributed by atoms with Gasteiger partial charge in [0.05, 0.1) is 24.3 Å². The van der Waals surface area contributed by atoms with Gasteiger partial charge in [-0.3, -0.25) is 0 Å². The Bertz CT molecular complexity index is 634. The molecule has 2 rings (SSSR count). The summed E-state index contributed by atoms with van der Waals surface area (Å²) in [5.41, 5.74) is 1.33. The van der Waals surface area contributed by atoms with E-state index in [2.05, 4.69) is 5.32 Å². The van der Waals surface area contributed by atoms with E-state index in [1.165, 1.54) is 19.2 Å². The van der Waals surface area contributed by atoms with E-state index in [9.17, 15) is 15.0 Å². The van der Waals surface area contributed by atoms with E-state index in [0.29, 0.717) is 16.8 Å². The second-order valence-electron chi connectivity index (χ2n) is 4.61. The van der Waals surface area contributed by atoms with Crippen LogP contribution in [0.15, 0.2) is 42.5 Å². The molecule has 0 aliphatic carbocycles. The minimum Gasteiger partial charge on any atom is -0.507 e. The molecule has 0 heterocycles. The third kappa shape index (κ3) is 3.08. The Morgan fingerprint density at radius 2 is 1.71 bits per heavy atom. The number of rotatable bonds is 4. The lowest BCUT2D eigenvalue weighted by molar-refractivity contribution is 0.0602. The highest BCUT2D eigenvalue weighted by atomic mass is 16.5. The monoisotopic (exact) mass is 287 g/mol. The third-order valence-electron chi connectivity index (χ3n) is 3.20. The predicted molar refractivity (Wildman–Crippen MR) is 79.6 cm³/mol. The fourth-order valence-corrected chi connectivity index (χ4v) is 2.19. The Morgan fingerprint density at radius 1 is 1.10 bits per heavy atom. The second kappa shape index (κ2) is 6.17. The Hall–Kier alpha value is -2.69. The number of hydrogen-bond donors (Lipinski definition) is 3. The van der Waals surface area contributed by atoms with Crippen LogP contribution in [-0.4, -0.2) is 23.3 Å². The Morgan fingerprint density at radius 3 is 2.33 bits per heavy atom. The number of aromatic hydroxyl groups is 2. The number of phenolic OH excluding ortho intramolecular Hbond substituents is 2. The largest absolute Gasteiger partial charge is 0.507 e. The highest BCUT2D eigenvalue weighted by molar-refractivity contribution is 5.95. The molecule has 0 amide bonds. The van der Waals surface area contributed by atoms with Crippen LogP contribution in [0.5, 0.6) is 11.5 Å². The molecule has 0 aromatic heterocycles. The van der Waals surface area contributed by atoms with Crippen LogP contribution in [0, 0.1) is 0 Å². The smallest absolute Gasteiger partial charge is 0.339 e. The van der Waals surface area contributed by atoms with Crippen molar-refractivity contribution in [3.63, 3.8) is 0 Å². The van der Waals surface area contributed by atoms with E-state index < -0.39 is 12.0 Å². The average molecular weight is 287 g/mol. The number of carbonyl (C=O) groups is 1. The van der Waals surface area contributed by atoms with Crippen LogP contribution >= 0.6 is 0 Å². The van der Waals surface area contributed by atoms with E-state index in [1.807, 2.05) is 0 Å². The van der Waals surface area contributed by atoms with Crippen molar-refractivity contribution in [3.8, 4) is 11.5 Å². The zero-order valence-corrected chi connectivity index (χ0v) is 11.8. The number of anilines is 1. The van der Waals surface area contributed by atoms with E-state index >= 15 is 0 Å². The molecule has 1 atom stereocenters. The van der Waals surface area contributed by atoms with Gasteiger partial charge in [-0.25, -0.2) is 4.79 Å². The van der Waals surface area contributed by atoms with E-state index in [1.54, 1.807) is 37.3 Å². The van der Waals surface area contributed by atoms with Gasteiger partial charge in [-0.2, -0.15) is 0 Å². The molecule has 0 bridgehead atoms.